The normalized spacial score (nSPS) is 11.7. The predicted octanol–water partition coefficient (Wildman–Crippen LogP) is 1.99. The Morgan fingerprint density at radius 1 is 1.38 bits per heavy atom. The fourth-order valence-electron chi connectivity index (χ4n) is 1.99. The lowest BCUT2D eigenvalue weighted by molar-refractivity contribution is -0.145. The van der Waals surface area contributed by atoms with Gasteiger partial charge in [-0.25, -0.2) is 4.79 Å². The number of aliphatic hydroxyl groups excluding tert-OH is 1. The first kappa shape index (κ1) is 20.2. The lowest BCUT2D eigenvalue weighted by atomic mass is 10.1. The van der Waals surface area contributed by atoms with Crippen LogP contribution in [0.5, 0.6) is 0 Å². The zero-order valence-corrected chi connectivity index (χ0v) is 14.6. The van der Waals surface area contributed by atoms with E-state index < -0.39 is 11.9 Å². The average Bonchev–Trinajstić information content (AvgIpc) is 2.56. The van der Waals surface area contributed by atoms with Crippen molar-refractivity contribution in [1.29, 1.82) is 0 Å². The molecule has 1 rings (SSSR count). The molecule has 2 N–H and O–H groups in total. The van der Waals surface area contributed by atoms with Gasteiger partial charge in [-0.15, -0.1) is 0 Å². The minimum atomic E-state index is -0.474. The van der Waals surface area contributed by atoms with Crippen LogP contribution >= 0.6 is 11.6 Å². The first-order valence-corrected chi connectivity index (χ1v) is 7.93. The Morgan fingerprint density at radius 3 is 2.75 bits per heavy atom. The van der Waals surface area contributed by atoms with Crippen LogP contribution in [0.1, 0.15) is 6.92 Å². The number of aliphatic hydroxyl groups is 1. The van der Waals surface area contributed by atoms with Gasteiger partial charge in [0, 0.05) is 23.8 Å². The fourth-order valence-corrected chi connectivity index (χ4v) is 2.18. The van der Waals surface area contributed by atoms with Crippen molar-refractivity contribution < 1.29 is 24.2 Å². The molecule has 1 atom stereocenters. The summed E-state index contributed by atoms with van der Waals surface area (Å²) in [5.41, 5.74) is 0.555. The molecule has 0 saturated heterocycles. The van der Waals surface area contributed by atoms with Crippen LogP contribution in [-0.4, -0.2) is 62.0 Å². The van der Waals surface area contributed by atoms with Gasteiger partial charge in [0.25, 0.3) is 0 Å². The van der Waals surface area contributed by atoms with Gasteiger partial charge in [-0.3, -0.25) is 4.79 Å². The summed E-state index contributed by atoms with van der Waals surface area (Å²) in [7, 11) is 1.31. The number of ether oxygens (including phenoxy) is 2. The Labute approximate surface area is 146 Å². The smallest absolute Gasteiger partial charge is 0.321 e. The quantitative estimate of drug-likeness (QED) is 0.520. The van der Waals surface area contributed by atoms with Crippen LogP contribution < -0.4 is 5.32 Å². The number of carbonyl (C=O) groups is 2. The Kier molecular flexibility index (Phi) is 9.14. The number of methoxy groups -OCH3 is 1. The third-order valence-electron chi connectivity index (χ3n) is 3.20. The second-order valence-corrected chi connectivity index (χ2v) is 5.58. The van der Waals surface area contributed by atoms with E-state index in [1.807, 2.05) is 0 Å². The topological polar surface area (TPSA) is 88.1 Å². The summed E-state index contributed by atoms with van der Waals surface area (Å²) in [4.78, 5) is 25.5. The third-order valence-corrected chi connectivity index (χ3v) is 3.44. The van der Waals surface area contributed by atoms with E-state index in [4.69, 9.17) is 26.2 Å². The van der Waals surface area contributed by atoms with Crippen LogP contribution in [0.3, 0.4) is 0 Å². The number of benzene rings is 1. The van der Waals surface area contributed by atoms with Gasteiger partial charge in [-0.05, 0) is 18.2 Å². The Morgan fingerprint density at radius 2 is 2.12 bits per heavy atom. The summed E-state index contributed by atoms with van der Waals surface area (Å²) < 4.78 is 9.88. The third kappa shape index (κ3) is 7.16. The van der Waals surface area contributed by atoms with Crippen molar-refractivity contribution in [2.24, 2.45) is 5.92 Å². The summed E-state index contributed by atoms with van der Waals surface area (Å²) in [6.07, 6.45) is 0. The minimum absolute atomic E-state index is 0.0900. The van der Waals surface area contributed by atoms with Crippen molar-refractivity contribution in [3.8, 4) is 0 Å². The highest BCUT2D eigenvalue weighted by Gasteiger charge is 2.21. The highest BCUT2D eigenvalue weighted by Crippen LogP contribution is 2.15. The van der Waals surface area contributed by atoms with E-state index >= 15 is 0 Å². The van der Waals surface area contributed by atoms with Gasteiger partial charge >= 0.3 is 12.0 Å². The van der Waals surface area contributed by atoms with E-state index in [9.17, 15) is 9.59 Å². The molecule has 0 saturated carbocycles. The largest absolute Gasteiger partial charge is 0.469 e. The molecular weight excluding hydrogens is 336 g/mol. The highest BCUT2D eigenvalue weighted by atomic mass is 35.5. The van der Waals surface area contributed by atoms with Gasteiger partial charge in [0.1, 0.15) is 0 Å². The number of esters is 1. The molecule has 1 unspecified atom stereocenters. The van der Waals surface area contributed by atoms with Gasteiger partial charge in [-0.2, -0.15) is 0 Å². The summed E-state index contributed by atoms with van der Waals surface area (Å²) in [5, 5.41) is 12.0. The molecule has 2 amide bonds. The van der Waals surface area contributed by atoms with Crippen LogP contribution in [0.15, 0.2) is 24.3 Å². The number of hydrogen-bond donors (Lipinski definition) is 2. The summed E-state index contributed by atoms with van der Waals surface area (Å²) in [5.74, 6) is -0.871. The molecule has 0 heterocycles. The molecule has 0 aromatic heterocycles. The fraction of sp³-hybridized carbons (Fsp3) is 0.500. The van der Waals surface area contributed by atoms with E-state index in [1.54, 1.807) is 31.2 Å². The van der Waals surface area contributed by atoms with Gasteiger partial charge in [-0.1, -0.05) is 24.6 Å². The Balaban J connectivity index is 2.70. The van der Waals surface area contributed by atoms with Gasteiger partial charge in [0.05, 0.1) is 32.8 Å². The molecule has 0 aliphatic carbocycles. The van der Waals surface area contributed by atoms with Crippen molar-refractivity contribution in [3.05, 3.63) is 29.3 Å². The first-order valence-electron chi connectivity index (χ1n) is 7.55. The highest BCUT2D eigenvalue weighted by molar-refractivity contribution is 6.30. The van der Waals surface area contributed by atoms with Crippen molar-refractivity contribution in [2.75, 3.05) is 45.3 Å². The molecule has 24 heavy (non-hydrogen) atoms. The van der Waals surface area contributed by atoms with Crippen molar-refractivity contribution >= 4 is 29.3 Å². The maximum absolute atomic E-state index is 12.4. The number of nitrogens with one attached hydrogen (secondary N) is 1. The molecule has 0 aliphatic rings. The van der Waals surface area contributed by atoms with Gasteiger partial charge in [0.2, 0.25) is 0 Å². The molecular formula is C16H23ClN2O5. The van der Waals surface area contributed by atoms with Crippen LogP contribution in [0.4, 0.5) is 10.5 Å². The number of carbonyl (C=O) groups excluding carboxylic acids is 2. The zero-order chi connectivity index (χ0) is 17.9. The summed E-state index contributed by atoms with van der Waals surface area (Å²) in [6.45, 7) is 2.48. The van der Waals surface area contributed by atoms with Gasteiger partial charge < -0.3 is 24.8 Å². The lowest BCUT2D eigenvalue weighted by Gasteiger charge is -2.25. The average molecular weight is 359 g/mol. The van der Waals surface area contributed by atoms with Crippen LogP contribution in [0.2, 0.25) is 5.02 Å². The molecule has 0 bridgehead atoms. The van der Waals surface area contributed by atoms with E-state index in [2.05, 4.69) is 5.32 Å². The van der Waals surface area contributed by atoms with E-state index in [0.717, 1.165) is 0 Å². The second-order valence-electron chi connectivity index (χ2n) is 5.15. The number of rotatable bonds is 9. The SMILES string of the molecule is COC(=O)C(C)CN(CCOCCO)C(=O)Nc1cccc(Cl)c1. The minimum Gasteiger partial charge on any atom is -0.469 e. The molecule has 7 nitrogen and oxygen atoms in total. The molecule has 1 aromatic rings. The number of amides is 2. The number of nitrogens with zero attached hydrogens (tertiary/aromatic N) is 1. The van der Waals surface area contributed by atoms with E-state index in [-0.39, 0.29) is 38.9 Å². The maximum Gasteiger partial charge on any atom is 0.321 e. The number of urea groups is 1. The molecule has 1 aromatic carbocycles. The van der Waals surface area contributed by atoms with Crippen LogP contribution in [0.25, 0.3) is 0 Å². The summed E-state index contributed by atoms with van der Waals surface area (Å²) >= 11 is 5.90. The predicted molar refractivity (Wildman–Crippen MR) is 91.1 cm³/mol. The van der Waals surface area contributed by atoms with Crippen molar-refractivity contribution in [3.63, 3.8) is 0 Å². The first-order chi connectivity index (χ1) is 11.5. The number of hydrogen-bond acceptors (Lipinski definition) is 5. The molecule has 8 heteroatoms. The second kappa shape index (κ2) is 10.9. The van der Waals surface area contributed by atoms with Crippen LogP contribution in [0, 0.1) is 5.92 Å². The molecule has 0 fully saturated rings. The van der Waals surface area contributed by atoms with Crippen molar-refractivity contribution in [1.82, 2.24) is 4.90 Å². The molecule has 0 aliphatic heterocycles. The summed E-state index contributed by atoms with van der Waals surface area (Å²) in [6, 6.07) is 6.40. The Hall–Kier alpha value is -1.83. The van der Waals surface area contributed by atoms with E-state index in [1.165, 1.54) is 12.0 Å². The van der Waals surface area contributed by atoms with Crippen molar-refractivity contribution in [2.45, 2.75) is 6.92 Å². The van der Waals surface area contributed by atoms with E-state index in [0.29, 0.717) is 10.7 Å². The van der Waals surface area contributed by atoms with Crippen LogP contribution in [-0.2, 0) is 14.3 Å². The number of anilines is 1. The molecule has 0 radical (unpaired) electrons. The monoisotopic (exact) mass is 358 g/mol. The zero-order valence-electron chi connectivity index (χ0n) is 13.8. The number of halogens is 1. The molecule has 0 spiro atoms. The molecule has 134 valence electrons. The van der Waals surface area contributed by atoms with Gasteiger partial charge in [0.15, 0.2) is 0 Å². The maximum atomic E-state index is 12.4. The lowest BCUT2D eigenvalue weighted by Crippen LogP contribution is -2.41. The Bertz CT molecular complexity index is 541. The standard InChI is InChI=1S/C16H23ClN2O5/c1-12(15(21)23-2)11-19(6-8-24-9-7-20)16(22)18-14-5-3-4-13(17)10-14/h3-5,10,12,20H,6-9,11H2,1-2H3,(H,18,22).